The van der Waals surface area contributed by atoms with Crippen molar-refractivity contribution in [3.8, 4) is 0 Å². The summed E-state index contributed by atoms with van der Waals surface area (Å²) in [5, 5.41) is 9.27. The van der Waals surface area contributed by atoms with Gasteiger partial charge in [-0.25, -0.2) is 13.1 Å². The Bertz CT molecular complexity index is 508. The maximum Gasteiger partial charge on any atom is 0.241 e. The molecule has 0 aliphatic heterocycles. The maximum atomic E-state index is 12.2. The minimum atomic E-state index is -3.51. The summed E-state index contributed by atoms with van der Waals surface area (Å²) in [5.41, 5.74) is 6.15. The summed E-state index contributed by atoms with van der Waals surface area (Å²) in [6.45, 7) is 0.0545. The molecule has 0 bridgehead atoms. The molecule has 1 aliphatic carbocycles. The van der Waals surface area contributed by atoms with Crippen LogP contribution in [0, 0.1) is 0 Å². The molecule has 4 N–H and O–H groups in total. The first kappa shape index (κ1) is 13.5. The third kappa shape index (κ3) is 2.89. The molecule has 5 nitrogen and oxygen atoms in total. The first-order valence-electron chi connectivity index (χ1n) is 6.00. The molecular weight excluding hydrogens is 252 g/mol. The second kappa shape index (κ2) is 5.36. The van der Waals surface area contributed by atoms with Gasteiger partial charge in [-0.2, -0.15) is 0 Å². The highest BCUT2D eigenvalue weighted by atomic mass is 32.2. The first-order valence-corrected chi connectivity index (χ1v) is 7.49. The molecule has 0 spiro atoms. The van der Waals surface area contributed by atoms with Crippen molar-refractivity contribution >= 4 is 10.0 Å². The smallest absolute Gasteiger partial charge is 0.241 e. The molecule has 0 aromatic heterocycles. The van der Waals surface area contributed by atoms with Crippen molar-refractivity contribution in [1.82, 2.24) is 4.72 Å². The van der Waals surface area contributed by atoms with Crippen molar-refractivity contribution in [1.29, 1.82) is 0 Å². The van der Waals surface area contributed by atoms with E-state index in [1.165, 1.54) is 0 Å². The highest BCUT2D eigenvalue weighted by molar-refractivity contribution is 7.89. The van der Waals surface area contributed by atoms with Crippen LogP contribution in [0.4, 0.5) is 0 Å². The Labute approximate surface area is 107 Å². The molecule has 0 heterocycles. The Morgan fingerprint density at radius 3 is 2.61 bits per heavy atom. The number of nitrogens with two attached hydrogens (primary N) is 1. The maximum absolute atomic E-state index is 12.2. The highest BCUT2D eigenvalue weighted by Crippen LogP contribution is 2.26. The topological polar surface area (TPSA) is 92.4 Å². The van der Waals surface area contributed by atoms with Gasteiger partial charge < -0.3 is 10.8 Å². The Kier molecular flexibility index (Phi) is 4.01. The molecule has 0 amide bonds. The van der Waals surface area contributed by atoms with Gasteiger partial charge >= 0.3 is 0 Å². The van der Waals surface area contributed by atoms with Crippen LogP contribution in [-0.4, -0.2) is 32.7 Å². The van der Waals surface area contributed by atoms with E-state index in [1.807, 2.05) is 0 Å². The molecule has 0 saturated heterocycles. The predicted octanol–water partition coefficient (Wildman–Crippen LogP) is 0.162. The second-order valence-corrected chi connectivity index (χ2v) is 6.23. The monoisotopic (exact) mass is 270 g/mol. The van der Waals surface area contributed by atoms with Crippen LogP contribution in [0.2, 0.25) is 0 Å². The van der Waals surface area contributed by atoms with Crippen LogP contribution in [0.5, 0.6) is 0 Å². The van der Waals surface area contributed by atoms with Crippen LogP contribution >= 0.6 is 0 Å². The zero-order valence-electron chi connectivity index (χ0n) is 10.0. The summed E-state index contributed by atoms with van der Waals surface area (Å²) in [4.78, 5) is 0.224. The van der Waals surface area contributed by atoms with Crippen LogP contribution in [0.25, 0.3) is 0 Å². The fourth-order valence-corrected chi connectivity index (χ4v) is 3.45. The summed E-state index contributed by atoms with van der Waals surface area (Å²) < 4.78 is 27.1. The van der Waals surface area contributed by atoms with Gasteiger partial charge in [0.05, 0.1) is 11.5 Å². The lowest BCUT2D eigenvalue weighted by Crippen LogP contribution is -2.28. The molecule has 1 aliphatic rings. The van der Waals surface area contributed by atoms with Gasteiger partial charge in [-0.1, -0.05) is 18.2 Å². The fourth-order valence-electron chi connectivity index (χ4n) is 1.85. The van der Waals surface area contributed by atoms with Crippen molar-refractivity contribution in [2.45, 2.75) is 29.7 Å². The van der Waals surface area contributed by atoms with Crippen molar-refractivity contribution in [3.05, 3.63) is 29.8 Å². The van der Waals surface area contributed by atoms with Gasteiger partial charge in [0.25, 0.3) is 0 Å². The van der Waals surface area contributed by atoms with Crippen LogP contribution in [0.3, 0.4) is 0 Å². The van der Waals surface area contributed by atoms with Gasteiger partial charge in [0, 0.05) is 18.5 Å². The number of benzene rings is 1. The molecule has 100 valence electrons. The molecule has 18 heavy (non-hydrogen) atoms. The molecule has 1 aromatic rings. The van der Waals surface area contributed by atoms with Gasteiger partial charge in [-0.3, -0.25) is 0 Å². The number of aliphatic hydroxyl groups excluding tert-OH is 1. The fraction of sp³-hybridized carbons (Fsp3) is 0.500. The molecule has 1 saturated carbocycles. The van der Waals surface area contributed by atoms with Crippen LogP contribution in [-0.2, 0) is 10.0 Å². The molecule has 0 radical (unpaired) electrons. The molecule has 1 atom stereocenters. The van der Waals surface area contributed by atoms with Gasteiger partial charge in [0.15, 0.2) is 0 Å². The summed E-state index contributed by atoms with van der Waals surface area (Å²) >= 11 is 0. The zero-order valence-corrected chi connectivity index (χ0v) is 10.9. The van der Waals surface area contributed by atoms with E-state index in [0.717, 1.165) is 12.8 Å². The first-order chi connectivity index (χ1) is 8.58. The lowest BCUT2D eigenvalue weighted by molar-refractivity contribution is 0.266. The average Bonchev–Trinajstić information content (AvgIpc) is 3.14. The van der Waals surface area contributed by atoms with E-state index in [9.17, 15) is 13.5 Å². The molecular formula is C12H18N2O3S. The van der Waals surface area contributed by atoms with E-state index in [0.29, 0.717) is 5.56 Å². The second-order valence-electron chi connectivity index (χ2n) is 4.55. The largest absolute Gasteiger partial charge is 0.396 e. The number of rotatable bonds is 6. The molecule has 1 fully saturated rings. The van der Waals surface area contributed by atoms with E-state index >= 15 is 0 Å². The van der Waals surface area contributed by atoms with Crippen LogP contribution in [0.1, 0.15) is 24.3 Å². The zero-order chi connectivity index (χ0) is 13.2. The number of hydrogen-bond acceptors (Lipinski definition) is 4. The Morgan fingerprint density at radius 1 is 1.39 bits per heavy atom. The summed E-state index contributed by atoms with van der Waals surface area (Å²) in [5.74, 6) is -0.350. The van der Waals surface area contributed by atoms with Crippen molar-refractivity contribution in [2.75, 3.05) is 13.2 Å². The van der Waals surface area contributed by atoms with Crippen LogP contribution < -0.4 is 10.5 Å². The third-order valence-electron chi connectivity index (χ3n) is 3.05. The van der Waals surface area contributed by atoms with E-state index < -0.39 is 10.0 Å². The normalized spacial score (nSPS) is 17.7. The Balaban J connectivity index is 2.37. The number of hydrogen-bond donors (Lipinski definition) is 3. The van der Waals surface area contributed by atoms with Gasteiger partial charge in [-0.05, 0) is 24.5 Å². The minimum Gasteiger partial charge on any atom is -0.396 e. The molecule has 1 aromatic carbocycles. The number of sulfonamides is 1. The molecule has 1 unspecified atom stereocenters. The highest BCUT2D eigenvalue weighted by Gasteiger charge is 2.30. The van der Waals surface area contributed by atoms with Gasteiger partial charge in [0.2, 0.25) is 10.0 Å². The minimum absolute atomic E-state index is 0.0634. The number of aliphatic hydroxyl groups is 1. The quantitative estimate of drug-likeness (QED) is 0.686. The predicted molar refractivity (Wildman–Crippen MR) is 68.7 cm³/mol. The van der Waals surface area contributed by atoms with Gasteiger partial charge in [-0.15, -0.1) is 0 Å². The van der Waals surface area contributed by atoms with Gasteiger partial charge in [0.1, 0.15) is 0 Å². The summed E-state index contributed by atoms with van der Waals surface area (Å²) in [6.07, 6.45) is 1.78. The standard InChI is InChI=1S/C12H18N2O3S/c13-7-9(8-15)11-3-1-2-4-12(11)18(16,17)14-10-5-6-10/h1-4,9-10,14-15H,5-8,13H2. The SMILES string of the molecule is NCC(CO)c1ccccc1S(=O)(=O)NC1CC1. The van der Waals surface area contributed by atoms with E-state index in [2.05, 4.69) is 4.72 Å². The van der Waals surface area contributed by atoms with Crippen molar-refractivity contribution in [2.24, 2.45) is 5.73 Å². The Hall–Kier alpha value is -0.950. The molecule has 6 heteroatoms. The number of nitrogens with one attached hydrogen (secondary N) is 1. The lowest BCUT2D eigenvalue weighted by atomic mass is 10.0. The van der Waals surface area contributed by atoms with E-state index in [-0.39, 0.29) is 30.0 Å². The van der Waals surface area contributed by atoms with Crippen molar-refractivity contribution < 1.29 is 13.5 Å². The summed E-state index contributed by atoms with van der Waals surface area (Å²) in [7, 11) is -3.51. The van der Waals surface area contributed by atoms with E-state index in [1.54, 1.807) is 24.3 Å². The van der Waals surface area contributed by atoms with E-state index in [4.69, 9.17) is 5.73 Å². The van der Waals surface area contributed by atoms with Crippen LogP contribution in [0.15, 0.2) is 29.2 Å². The average molecular weight is 270 g/mol. The lowest BCUT2D eigenvalue weighted by Gasteiger charge is -2.17. The Morgan fingerprint density at radius 2 is 2.06 bits per heavy atom. The van der Waals surface area contributed by atoms with Crippen molar-refractivity contribution in [3.63, 3.8) is 0 Å². The third-order valence-corrected chi connectivity index (χ3v) is 4.65. The molecule has 2 rings (SSSR count). The summed E-state index contributed by atoms with van der Waals surface area (Å²) in [6, 6.07) is 6.75.